The fourth-order valence-electron chi connectivity index (χ4n) is 2.34. The molecule has 0 bridgehead atoms. The van der Waals surface area contributed by atoms with E-state index in [4.69, 9.17) is 16.3 Å². The van der Waals surface area contributed by atoms with E-state index in [9.17, 15) is 0 Å². The minimum absolute atomic E-state index is 0.205. The van der Waals surface area contributed by atoms with E-state index in [2.05, 4.69) is 37.4 Å². The maximum Gasteiger partial charge on any atom is 0.123 e. The molecule has 2 nitrogen and oxygen atoms in total. The third-order valence-electron chi connectivity index (χ3n) is 3.48. The number of nitrogens with one attached hydrogen (secondary N) is 1. The van der Waals surface area contributed by atoms with Crippen molar-refractivity contribution in [2.75, 3.05) is 7.11 Å². The minimum atomic E-state index is 0.205. The molecule has 0 amide bonds. The van der Waals surface area contributed by atoms with Crippen LogP contribution in [0.5, 0.6) is 5.75 Å². The van der Waals surface area contributed by atoms with Gasteiger partial charge in [-0.2, -0.15) is 0 Å². The van der Waals surface area contributed by atoms with Crippen LogP contribution in [0.15, 0.2) is 48.5 Å². The lowest BCUT2D eigenvalue weighted by molar-refractivity contribution is 0.396. The number of hydrogen-bond acceptors (Lipinski definition) is 2. The summed E-state index contributed by atoms with van der Waals surface area (Å²) in [7, 11) is 1.70. The molecule has 3 heteroatoms. The SMILES string of the molecule is COc1ccccc1[C@@H](C)NC(C)c1ccc(Cl)cc1. The molecular formula is C17H20ClNO. The molecule has 0 radical (unpaired) electrons. The van der Waals surface area contributed by atoms with Crippen LogP contribution in [-0.2, 0) is 0 Å². The first-order valence-corrected chi connectivity index (χ1v) is 7.14. The zero-order chi connectivity index (χ0) is 14.5. The molecule has 0 aromatic heterocycles. The molecule has 0 heterocycles. The Kier molecular flexibility index (Phi) is 5.05. The van der Waals surface area contributed by atoms with Crippen LogP contribution >= 0.6 is 11.6 Å². The van der Waals surface area contributed by atoms with E-state index in [0.29, 0.717) is 0 Å². The fourth-order valence-corrected chi connectivity index (χ4v) is 2.46. The second-order valence-corrected chi connectivity index (χ2v) is 5.34. The molecule has 0 spiro atoms. The van der Waals surface area contributed by atoms with Gasteiger partial charge in [-0.3, -0.25) is 0 Å². The van der Waals surface area contributed by atoms with Crippen molar-refractivity contribution in [3.63, 3.8) is 0 Å². The molecule has 20 heavy (non-hydrogen) atoms. The topological polar surface area (TPSA) is 21.3 Å². The number of methoxy groups -OCH3 is 1. The van der Waals surface area contributed by atoms with Gasteiger partial charge in [0.25, 0.3) is 0 Å². The normalized spacial score (nSPS) is 13.8. The molecule has 0 saturated heterocycles. The Morgan fingerprint density at radius 1 is 0.950 bits per heavy atom. The molecule has 2 rings (SSSR count). The highest BCUT2D eigenvalue weighted by molar-refractivity contribution is 6.30. The molecule has 2 aromatic carbocycles. The number of hydrogen-bond donors (Lipinski definition) is 1. The maximum absolute atomic E-state index is 5.92. The highest BCUT2D eigenvalue weighted by Crippen LogP contribution is 2.27. The second kappa shape index (κ2) is 6.78. The lowest BCUT2D eigenvalue weighted by atomic mass is 10.0. The first kappa shape index (κ1) is 14.9. The summed E-state index contributed by atoms with van der Waals surface area (Å²) in [4.78, 5) is 0. The summed E-state index contributed by atoms with van der Waals surface area (Å²) in [5, 5.41) is 4.35. The van der Waals surface area contributed by atoms with Gasteiger partial charge in [-0.15, -0.1) is 0 Å². The Bertz CT molecular complexity index is 553. The van der Waals surface area contributed by atoms with E-state index in [1.807, 2.05) is 30.3 Å². The number of ether oxygens (including phenoxy) is 1. The van der Waals surface area contributed by atoms with Crippen molar-refractivity contribution in [2.24, 2.45) is 0 Å². The van der Waals surface area contributed by atoms with Gasteiger partial charge in [-0.25, -0.2) is 0 Å². The van der Waals surface area contributed by atoms with Gasteiger partial charge in [0.05, 0.1) is 7.11 Å². The van der Waals surface area contributed by atoms with Gasteiger partial charge in [-0.1, -0.05) is 41.9 Å². The predicted molar refractivity (Wildman–Crippen MR) is 84.4 cm³/mol. The average molecular weight is 290 g/mol. The monoisotopic (exact) mass is 289 g/mol. The smallest absolute Gasteiger partial charge is 0.123 e. The van der Waals surface area contributed by atoms with Crippen molar-refractivity contribution in [1.82, 2.24) is 5.32 Å². The van der Waals surface area contributed by atoms with Crippen LogP contribution in [0.25, 0.3) is 0 Å². The Hall–Kier alpha value is -1.51. The van der Waals surface area contributed by atoms with Gasteiger partial charge in [0.2, 0.25) is 0 Å². The van der Waals surface area contributed by atoms with E-state index < -0.39 is 0 Å². The Labute approximate surface area is 125 Å². The Morgan fingerprint density at radius 2 is 1.60 bits per heavy atom. The first-order valence-electron chi connectivity index (χ1n) is 6.76. The number of rotatable bonds is 5. The lowest BCUT2D eigenvalue weighted by Gasteiger charge is -2.22. The molecule has 2 aromatic rings. The van der Waals surface area contributed by atoms with E-state index in [1.165, 1.54) is 5.56 Å². The maximum atomic E-state index is 5.92. The van der Waals surface area contributed by atoms with Crippen LogP contribution in [0.3, 0.4) is 0 Å². The van der Waals surface area contributed by atoms with Gasteiger partial charge < -0.3 is 10.1 Å². The number of halogens is 1. The summed E-state index contributed by atoms with van der Waals surface area (Å²) >= 11 is 5.92. The summed E-state index contributed by atoms with van der Waals surface area (Å²) < 4.78 is 5.41. The van der Waals surface area contributed by atoms with Gasteiger partial charge in [-0.05, 0) is 37.6 Å². The third kappa shape index (κ3) is 3.53. The fraction of sp³-hybridized carbons (Fsp3) is 0.294. The zero-order valence-corrected chi connectivity index (χ0v) is 12.8. The van der Waals surface area contributed by atoms with Crippen molar-refractivity contribution < 1.29 is 4.74 Å². The van der Waals surface area contributed by atoms with Crippen molar-refractivity contribution in [2.45, 2.75) is 25.9 Å². The van der Waals surface area contributed by atoms with Crippen LogP contribution in [-0.4, -0.2) is 7.11 Å². The summed E-state index contributed by atoms with van der Waals surface area (Å²) in [5.41, 5.74) is 2.38. The molecule has 0 fully saturated rings. The molecule has 106 valence electrons. The van der Waals surface area contributed by atoms with Crippen molar-refractivity contribution >= 4 is 11.6 Å². The molecule has 0 aliphatic heterocycles. The van der Waals surface area contributed by atoms with Gasteiger partial charge in [0, 0.05) is 22.7 Å². The summed E-state index contributed by atoms with van der Waals surface area (Å²) in [5.74, 6) is 0.913. The van der Waals surface area contributed by atoms with Gasteiger partial charge in [0.15, 0.2) is 0 Å². The quantitative estimate of drug-likeness (QED) is 0.857. The highest BCUT2D eigenvalue weighted by Gasteiger charge is 2.14. The third-order valence-corrected chi connectivity index (χ3v) is 3.73. The second-order valence-electron chi connectivity index (χ2n) is 4.90. The van der Waals surface area contributed by atoms with E-state index in [0.717, 1.165) is 16.3 Å². The molecular weight excluding hydrogens is 270 g/mol. The highest BCUT2D eigenvalue weighted by atomic mass is 35.5. The molecule has 0 aliphatic carbocycles. The van der Waals surface area contributed by atoms with Crippen LogP contribution in [0.4, 0.5) is 0 Å². The lowest BCUT2D eigenvalue weighted by Crippen LogP contribution is -2.22. The van der Waals surface area contributed by atoms with Crippen LogP contribution < -0.4 is 10.1 Å². The average Bonchev–Trinajstić information content (AvgIpc) is 2.47. The van der Waals surface area contributed by atoms with Gasteiger partial charge >= 0.3 is 0 Å². The van der Waals surface area contributed by atoms with Crippen molar-refractivity contribution in [3.05, 3.63) is 64.7 Å². The van der Waals surface area contributed by atoms with Gasteiger partial charge in [0.1, 0.15) is 5.75 Å². The molecule has 1 unspecified atom stereocenters. The minimum Gasteiger partial charge on any atom is -0.496 e. The summed E-state index contributed by atoms with van der Waals surface area (Å²) in [6.07, 6.45) is 0. The van der Waals surface area contributed by atoms with Crippen molar-refractivity contribution in [1.29, 1.82) is 0 Å². The number of para-hydroxylation sites is 1. The Morgan fingerprint density at radius 3 is 2.25 bits per heavy atom. The molecule has 1 N–H and O–H groups in total. The Balaban J connectivity index is 2.10. The van der Waals surface area contributed by atoms with Crippen LogP contribution in [0.1, 0.15) is 37.1 Å². The van der Waals surface area contributed by atoms with Crippen molar-refractivity contribution in [3.8, 4) is 5.75 Å². The van der Waals surface area contributed by atoms with E-state index in [1.54, 1.807) is 7.11 Å². The number of benzene rings is 2. The van der Waals surface area contributed by atoms with Crippen LogP contribution in [0, 0.1) is 0 Å². The van der Waals surface area contributed by atoms with E-state index >= 15 is 0 Å². The summed E-state index contributed by atoms with van der Waals surface area (Å²) in [6.45, 7) is 4.29. The summed E-state index contributed by atoms with van der Waals surface area (Å²) in [6, 6.07) is 16.5. The molecule has 0 aliphatic rings. The molecule has 2 atom stereocenters. The predicted octanol–water partition coefficient (Wildman–Crippen LogP) is 4.76. The first-order chi connectivity index (χ1) is 9.61. The zero-order valence-electron chi connectivity index (χ0n) is 12.1. The largest absolute Gasteiger partial charge is 0.496 e. The van der Waals surface area contributed by atoms with E-state index in [-0.39, 0.29) is 12.1 Å². The standard InChI is InChI=1S/C17H20ClNO/c1-12(14-8-10-15(18)11-9-14)19-13(2)16-6-4-5-7-17(16)20-3/h4-13,19H,1-3H3/t12?,13-/m1/s1. The van der Waals surface area contributed by atoms with Crippen LogP contribution in [0.2, 0.25) is 5.02 Å². The molecule has 0 saturated carbocycles.